The van der Waals surface area contributed by atoms with Gasteiger partial charge in [0.15, 0.2) is 0 Å². The molecule has 0 fully saturated rings. The monoisotopic (exact) mass is 346 g/mol. The molecule has 2 aromatic carbocycles. The predicted molar refractivity (Wildman–Crippen MR) is 102 cm³/mol. The molecular formula is C21H18N2O3. The molecule has 4 aromatic rings. The first kappa shape index (κ1) is 16.3. The SMILES string of the molecule is COc1cc(CO)cc(OC)c1-c1ccc2ccc3cccnc3c2n1. The Labute approximate surface area is 150 Å². The van der Waals surface area contributed by atoms with Crippen LogP contribution in [-0.4, -0.2) is 29.3 Å². The second-order valence-corrected chi connectivity index (χ2v) is 5.94. The third-order valence-electron chi connectivity index (χ3n) is 4.44. The van der Waals surface area contributed by atoms with Gasteiger partial charge in [0.2, 0.25) is 0 Å². The first-order valence-corrected chi connectivity index (χ1v) is 8.25. The number of hydrogen-bond acceptors (Lipinski definition) is 5. The lowest BCUT2D eigenvalue weighted by Gasteiger charge is -2.15. The second-order valence-electron chi connectivity index (χ2n) is 5.94. The lowest BCUT2D eigenvalue weighted by Crippen LogP contribution is -1.98. The smallest absolute Gasteiger partial charge is 0.132 e. The van der Waals surface area contributed by atoms with Crippen LogP contribution >= 0.6 is 0 Å². The summed E-state index contributed by atoms with van der Waals surface area (Å²) in [6.45, 7) is -0.0906. The van der Waals surface area contributed by atoms with Crippen molar-refractivity contribution in [2.24, 2.45) is 0 Å². The molecule has 2 heterocycles. The van der Waals surface area contributed by atoms with Crippen molar-refractivity contribution in [3.05, 3.63) is 60.3 Å². The number of ether oxygens (including phenoxy) is 2. The van der Waals surface area contributed by atoms with Crippen LogP contribution in [0, 0.1) is 0 Å². The fraction of sp³-hybridized carbons (Fsp3) is 0.143. The Balaban J connectivity index is 2.01. The summed E-state index contributed by atoms with van der Waals surface area (Å²) in [5.41, 5.74) is 3.89. The minimum Gasteiger partial charge on any atom is -0.496 e. The van der Waals surface area contributed by atoms with Crippen LogP contribution in [0.1, 0.15) is 5.56 Å². The standard InChI is InChI=1S/C21H18N2O3/c1-25-17-10-13(12-24)11-18(26-2)19(17)16-8-7-15-6-5-14-4-3-9-22-20(14)21(15)23-16/h3-11,24H,12H2,1-2H3. The highest BCUT2D eigenvalue weighted by Crippen LogP contribution is 2.39. The van der Waals surface area contributed by atoms with E-state index in [-0.39, 0.29) is 6.61 Å². The molecule has 0 atom stereocenters. The Kier molecular flexibility index (Phi) is 4.14. The molecule has 26 heavy (non-hydrogen) atoms. The summed E-state index contributed by atoms with van der Waals surface area (Å²) in [5, 5.41) is 11.5. The van der Waals surface area contributed by atoms with Crippen molar-refractivity contribution >= 4 is 21.8 Å². The van der Waals surface area contributed by atoms with E-state index in [0.29, 0.717) is 11.5 Å². The van der Waals surface area contributed by atoms with E-state index >= 15 is 0 Å². The van der Waals surface area contributed by atoms with Crippen LogP contribution in [-0.2, 0) is 6.61 Å². The number of aliphatic hydroxyl groups is 1. The van der Waals surface area contributed by atoms with Gasteiger partial charge in [0.25, 0.3) is 0 Å². The molecule has 0 aliphatic carbocycles. The van der Waals surface area contributed by atoms with Crippen molar-refractivity contribution in [1.82, 2.24) is 9.97 Å². The number of methoxy groups -OCH3 is 2. The summed E-state index contributed by atoms with van der Waals surface area (Å²) in [4.78, 5) is 9.36. The molecule has 5 nitrogen and oxygen atoms in total. The molecule has 0 aliphatic heterocycles. The van der Waals surface area contributed by atoms with E-state index in [1.165, 1.54) is 0 Å². The molecule has 0 saturated carbocycles. The lowest BCUT2D eigenvalue weighted by atomic mass is 10.0. The summed E-state index contributed by atoms with van der Waals surface area (Å²) < 4.78 is 11.1. The van der Waals surface area contributed by atoms with Gasteiger partial charge in [-0.05, 0) is 29.8 Å². The van der Waals surface area contributed by atoms with Crippen molar-refractivity contribution in [2.75, 3.05) is 14.2 Å². The maximum atomic E-state index is 9.46. The molecule has 0 unspecified atom stereocenters. The van der Waals surface area contributed by atoms with Crippen molar-refractivity contribution in [3.8, 4) is 22.8 Å². The molecule has 0 amide bonds. The van der Waals surface area contributed by atoms with E-state index in [0.717, 1.165) is 38.6 Å². The van der Waals surface area contributed by atoms with Crippen molar-refractivity contribution in [3.63, 3.8) is 0 Å². The largest absolute Gasteiger partial charge is 0.496 e. The first-order chi connectivity index (χ1) is 12.7. The molecule has 2 aromatic heterocycles. The highest BCUT2D eigenvalue weighted by molar-refractivity contribution is 6.03. The fourth-order valence-corrected chi connectivity index (χ4v) is 3.17. The maximum Gasteiger partial charge on any atom is 0.132 e. The highest BCUT2D eigenvalue weighted by Gasteiger charge is 2.17. The summed E-state index contributed by atoms with van der Waals surface area (Å²) in [6.07, 6.45) is 1.77. The average molecular weight is 346 g/mol. The normalized spacial score (nSPS) is 11.0. The van der Waals surface area contributed by atoms with E-state index in [9.17, 15) is 5.11 Å². The zero-order valence-corrected chi connectivity index (χ0v) is 14.6. The van der Waals surface area contributed by atoms with Crippen LogP contribution in [0.25, 0.3) is 33.1 Å². The summed E-state index contributed by atoms with van der Waals surface area (Å²) in [7, 11) is 3.19. The van der Waals surface area contributed by atoms with Gasteiger partial charge in [0.1, 0.15) is 11.5 Å². The number of nitrogens with zero attached hydrogens (tertiary/aromatic N) is 2. The molecule has 0 saturated heterocycles. The highest BCUT2D eigenvalue weighted by atomic mass is 16.5. The van der Waals surface area contributed by atoms with E-state index in [4.69, 9.17) is 14.5 Å². The minimum atomic E-state index is -0.0906. The van der Waals surface area contributed by atoms with Gasteiger partial charge in [0.05, 0.1) is 43.1 Å². The van der Waals surface area contributed by atoms with Crippen LogP contribution in [0.4, 0.5) is 0 Å². The Morgan fingerprint density at radius 2 is 1.54 bits per heavy atom. The van der Waals surface area contributed by atoms with E-state index in [1.807, 2.05) is 36.4 Å². The Bertz CT molecular complexity index is 1080. The number of pyridine rings is 2. The number of aliphatic hydroxyl groups excluding tert-OH is 1. The topological polar surface area (TPSA) is 64.5 Å². The molecule has 0 spiro atoms. The molecule has 0 radical (unpaired) electrons. The summed E-state index contributed by atoms with van der Waals surface area (Å²) in [5.74, 6) is 1.21. The summed E-state index contributed by atoms with van der Waals surface area (Å²) >= 11 is 0. The number of aromatic nitrogens is 2. The van der Waals surface area contributed by atoms with E-state index in [2.05, 4.69) is 4.98 Å². The third-order valence-corrected chi connectivity index (χ3v) is 4.44. The Morgan fingerprint density at radius 3 is 2.19 bits per heavy atom. The number of benzene rings is 2. The molecule has 5 heteroatoms. The van der Waals surface area contributed by atoms with E-state index < -0.39 is 0 Å². The van der Waals surface area contributed by atoms with Gasteiger partial charge < -0.3 is 14.6 Å². The van der Waals surface area contributed by atoms with Gasteiger partial charge in [-0.25, -0.2) is 4.98 Å². The van der Waals surface area contributed by atoms with Crippen LogP contribution in [0.15, 0.2) is 54.7 Å². The number of fused-ring (bicyclic) bond motifs is 3. The van der Waals surface area contributed by atoms with Gasteiger partial charge in [0, 0.05) is 17.0 Å². The quantitative estimate of drug-likeness (QED) is 0.567. The molecule has 1 N–H and O–H groups in total. The van der Waals surface area contributed by atoms with Gasteiger partial charge in [-0.3, -0.25) is 4.98 Å². The first-order valence-electron chi connectivity index (χ1n) is 8.25. The third kappa shape index (κ3) is 2.62. The minimum absolute atomic E-state index is 0.0906. The lowest BCUT2D eigenvalue weighted by molar-refractivity contribution is 0.280. The van der Waals surface area contributed by atoms with Crippen LogP contribution < -0.4 is 9.47 Å². The van der Waals surface area contributed by atoms with Crippen molar-refractivity contribution < 1.29 is 14.6 Å². The van der Waals surface area contributed by atoms with Gasteiger partial charge in [-0.2, -0.15) is 0 Å². The van der Waals surface area contributed by atoms with Gasteiger partial charge in [-0.15, -0.1) is 0 Å². The second kappa shape index (κ2) is 6.61. The zero-order valence-electron chi connectivity index (χ0n) is 14.6. The van der Waals surface area contributed by atoms with Crippen LogP contribution in [0.2, 0.25) is 0 Å². The van der Waals surface area contributed by atoms with Crippen molar-refractivity contribution in [2.45, 2.75) is 6.61 Å². The molecule has 0 bridgehead atoms. The maximum absolute atomic E-state index is 9.46. The average Bonchev–Trinajstić information content (AvgIpc) is 2.72. The molecular weight excluding hydrogens is 328 g/mol. The fourth-order valence-electron chi connectivity index (χ4n) is 3.17. The summed E-state index contributed by atoms with van der Waals surface area (Å²) in [6, 6.07) is 15.6. The zero-order chi connectivity index (χ0) is 18.1. The van der Waals surface area contributed by atoms with Crippen molar-refractivity contribution in [1.29, 1.82) is 0 Å². The Morgan fingerprint density at radius 1 is 0.885 bits per heavy atom. The van der Waals surface area contributed by atoms with Crippen LogP contribution in [0.5, 0.6) is 11.5 Å². The molecule has 0 aliphatic rings. The van der Waals surface area contributed by atoms with Gasteiger partial charge in [-0.1, -0.05) is 24.3 Å². The molecule has 130 valence electrons. The molecule has 4 rings (SSSR count). The predicted octanol–water partition coefficient (Wildman–Crippen LogP) is 3.96. The van der Waals surface area contributed by atoms with E-state index in [1.54, 1.807) is 32.5 Å². The number of rotatable bonds is 4. The van der Waals surface area contributed by atoms with Gasteiger partial charge >= 0.3 is 0 Å². The van der Waals surface area contributed by atoms with Crippen LogP contribution in [0.3, 0.4) is 0 Å². The number of hydrogen-bond donors (Lipinski definition) is 1. The Hall–Kier alpha value is -3.18.